The van der Waals surface area contributed by atoms with E-state index in [1.807, 2.05) is 55.5 Å². The summed E-state index contributed by atoms with van der Waals surface area (Å²) in [6.45, 7) is 2.00. The summed E-state index contributed by atoms with van der Waals surface area (Å²) in [4.78, 5) is 14.1. The van der Waals surface area contributed by atoms with Crippen LogP contribution in [0, 0.1) is 6.92 Å². The Kier molecular flexibility index (Phi) is 5.12. The number of nitrogens with one attached hydrogen (secondary N) is 1. The van der Waals surface area contributed by atoms with Gasteiger partial charge in [-0.2, -0.15) is 0 Å². The van der Waals surface area contributed by atoms with Crippen LogP contribution in [0.2, 0.25) is 0 Å². The van der Waals surface area contributed by atoms with Gasteiger partial charge in [-0.3, -0.25) is 4.79 Å². The maximum absolute atomic E-state index is 12.5. The molecule has 2 aromatic carbocycles. The third kappa shape index (κ3) is 3.80. The Morgan fingerprint density at radius 1 is 1.04 bits per heavy atom. The second-order valence-corrected chi connectivity index (χ2v) is 5.83. The summed E-state index contributed by atoms with van der Waals surface area (Å²) in [5.41, 5.74) is 2.96. The van der Waals surface area contributed by atoms with Gasteiger partial charge in [0.2, 0.25) is 0 Å². The van der Waals surface area contributed by atoms with Gasteiger partial charge < -0.3 is 15.0 Å². The lowest BCUT2D eigenvalue weighted by molar-refractivity contribution is 0.0987. The lowest BCUT2D eigenvalue weighted by Crippen LogP contribution is -2.27. The number of aromatic nitrogens is 2. The second-order valence-electron chi connectivity index (χ2n) is 5.83. The van der Waals surface area contributed by atoms with E-state index in [4.69, 9.17) is 4.74 Å². The van der Waals surface area contributed by atoms with Crippen LogP contribution in [0.15, 0.2) is 60.7 Å². The van der Waals surface area contributed by atoms with E-state index in [2.05, 4.69) is 15.5 Å². The number of hydrogen-bond acceptors (Lipinski definition) is 5. The van der Waals surface area contributed by atoms with E-state index < -0.39 is 0 Å². The van der Waals surface area contributed by atoms with Gasteiger partial charge in [0.15, 0.2) is 11.5 Å². The second kappa shape index (κ2) is 7.65. The average molecular weight is 348 g/mol. The number of amides is 1. The van der Waals surface area contributed by atoms with Crippen molar-refractivity contribution in [1.29, 1.82) is 0 Å². The predicted octanol–water partition coefficient (Wildman–Crippen LogP) is 3.81. The topological polar surface area (TPSA) is 67.3 Å². The Hall–Kier alpha value is -3.41. The first-order valence-corrected chi connectivity index (χ1v) is 8.17. The number of para-hydroxylation sites is 1. The first kappa shape index (κ1) is 17.4. The van der Waals surface area contributed by atoms with E-state index in [-0.39, 0.29) is 11.6 Å². The molecule has 0 fully saturated rings. The summed E-state index contributed by atoms with van der Waals surface area (Å²) >= 11 is 0. The zero-order chi connectivity index (χ0) is 18.5. The first-order valence-electron chi connectivity index (χ1n) is 8.17. The van der Waals surface area contributed by atoms with Crippen LogP contribution in [0.25, 0.3) is 0 Å². The average Bonchev–Trinajstić information content (AvgIpc) is 2.68. The van der Waals surface area contributed by atoms with E-state index in [1.54, 1.807) is 31.2 Å². The van der Waals surface area contributed by atoms with Crippen molar-refractivity contribution >= 4 is 23.1 Å². The van der Waals surface area contributed by atoms with Crippen LogP contribution in [0.4, 0.5) is 17.2 Å². The van der Waals surface area contributed by atoms with Crippen LogP contribution in [0.5, 0.6) is 5.75 Å². The number of carbonyl (C=O) groups excluding carboxylic acids is 1. The van der Waals surface area contributed by atoms with Crippen molar-refractivity contribution in [3.63, 3.8) is 0 Å². The van der Waals surface area contributed by atoms with Gasteiger partial charge in [-0.05, 0) is 48.9 Å². The first-order chi connectivity index (χ1) is 12.6. The molecule has 26 heavy (non-hydrogen) atoms. The predicted molar refractivity (Wildman–Crippen MR) is 102 cm³/mol. The van der Waals surface area contributed by atoms with Crippen molar-refractivity contribution in [2.45, 2.75) is 6.92 Å². The molecule has 132 valence electrons. The molecule has 6 nitrogen and oxygen atoms in total. The number of nitrogens with zero attached hydrogens (tertiary/aromatic N) is 3. The summed E-state index contributed by atoms with van der Waals surface area (Å²) in [7, 11) is 3.33. The van der Waals surface area contributed by atoms with Gasteiger partial charge in [0.1, 0.15) is 5.75 Å². The number of aryl methyl sites for hydroxylation is 1. The number of ether oxygens (including phenoxy) is 1. The van der Waals surface area contributed by atoms with Crippen LogP contribution in [0.1, 0.15) is 16.1 Å². The molecule has 1 amide bonds. The number of hydrogen-bond donors (Lipinski definition) is 1. The van der Waals surface area contributed by atoms with Crippen molar-refractivity contribution in [3.05, 3.63) is 71.9 Å². The summed E-state index contributed by atoms with van der Waals surface area (Å²) in [5, 5.41) is 11.3. The van der Waals surface area contributed by atoms with Crippen molar-refractivity contribution < 1.29 is 9.53 Å². The SMILES string of the molecule is COc1ccc(C)cc1Nc1ccc(C(=O)N(C)c2ccccc2)nn1. The van der Waals surface area contributed by atoms with Crippen LogP contribution in [0.3, 0.4) is 0 Å². The number of benzene rings is 2. The van der Waals surface area contributed by atoms with Crippen molar-refractivity contribution in [2.75, 3.05) is 24.4 Å². The summed E-state index contributed by atoms with van der Waals surface area (Å²) < 4.78 is 5.34. The number of methoxy groups -OCH3 is 1. The van der Waals surface area contributed by atoms with Gasteiger partial charge in [0.05, 0.1) is 12.8 Å². The van der Waals surface area contributed by atoms with Crippen LogP contribution in [-0.4, -0.2) is 30.3 Å². The summed E-state index contributed by atoms with van der Waals surface area (Å²) in [6.07, 6.45) is 0. The molecule has 3 aromatic rings. The molecule has 0 radical (unpaired) electrons. The fourth-order valence-corrected chi connectivity index (χ4v) is 2.51. The fourth-order valence-electron chi connectivity index (χ4n) is 2.51. The van der Waals surface area contributed by atoms with Crippen molar-refractivity contribution in [1.82, 2.24) is 10.2 Å². The van der Waals surface area contributed by atoms with Gasteiger partial charge in [-0.15, -0.1) is 10.2 Å². The third-order valence-electron chi connectivity index (χ3n) is 3.95. The lowest BCUT2D eigenvalue weighted by Gasteiger charge is -2.16. The van der Waals surface area contributed by atoms with Crippen molar-refractivity contribution in [2.24, 2.45) is 0 Å². The molecule has 0 bridgehead atoms. The van der Waals surface area contributed by atoms with E-state index >= 15 is 0 Å². The Balaban J connectivity index is 1.77. The molecule has 3 rings (SSSR count). The van der Waals surface area contributed by atoms with Gasteiger partial charge in [0, 0.05) is 12.7 Å². The number of anilines is 3. The third-order valence-corrected chi connectivity index (χ3v) is 3.95. The molecule has 0 aliphatic heterocycles. The molecule has 0 saturated heterocycles. The maximum atomic E-state index is 12.5. The Morgan fingerprint density at radius 3 is 2.46 bits per heavy atom. The van der Waals surface area contributed by atoms with Crippen LogP contribution >= 0.6 is 0 Å². The van der Waals surface area contributed by atoms with E-state index in [9.17, 15) is 4.79 Å². The largest absolute Gasteiger partial charge is 0.495 e. The maximum Gasteiger partial charge on any atom is 0.278 e. The molecular formula is C20H20N4O2. The highest BCUT2D eigenvalue weighted by Crippen LogP contribution is 2.27. The summed E-state index contributed by atoms with van der Waals surface area (Å²) in [6, 6.07) is 18.6. The van der Waals surface area contributed by atoms with Gasteiger partial charge >= 0.3 is 0 Å². The Bertz CT molecular complexity index is 895. The summed E-state index contributed by atoms with van der Waals surface area (Å²) in [5.74, 6) is 1.03. The van der Waals surface area contributed by atoms with E-state index in [0.717, 1.165) is 16.9 Å². The smallest absolute Gasteiger partial charge is 0.278 e. The van der Waals surface area contributed by atoms with Gasteiger partial charge in [-0.25, -0.2) is 0 Å². The molecule has 0 atom stereocenters. The highest BCUT2D eigenvalue weighted by Gasteiger charge is 2.15. The highest BCUT2D eigenvalue weighted by molar-refractivity contribution is 6.04. The van der Waals surface area contributed by atoms with Crippen LogP contribution in [-0.2, 0) is 0 Å². The van der Waals surface area contributed by atoms with Gasteiger partial charge in [-0.1, -0.05) is 24.3 Å². The Morgan fingerprint density at radius 2 is 1.81 bits per heavy atom. The molecular weight excluding hydrogens is 328 g/mol. The number of rotatable bonds is 5. The zero-order valence-corrected chi connectivity index (χ0v) is 14.9. The molecule has 0 aliphatic carbocycles. The molecule has 6 heteroatoms. The minimum absolute atomic E-state index is 0.219. The molecule has 0 unspecified atom stereocenters. The fraction of sp³-hybridized carbons (Fsp3) is 0.150. The van der Waals surface area contributed by atoms with E-state index in [1.165, 1.54) is 0 Å². The van der Waals surface area contributed by atoms with Crippen LogP contribution < -0.4 is 15.0 Å². The zero-order valence-electron chi connectivity index (χ0n) is 14.9. The normalized spacial score (nSPS) is 10.3. The Labute approximate surface area is 152 Å². The standard InChI is InChI=1S/C20H20N4O2/c1-14-9-11-18(26-3)17(13-14)21-19-12-10-16(22-23-19)20(25)24(2)15-7-5-4-6-8-15/h4-13H,1-3H3,(H,21,23). The van der Waals surface area contributed by atoms with E-state index in [0.29, 0.717) is 11.6 Å². The molecule has 0 saturated carbocycles. The molecule has 0 spiro atoms. The quantitative estimate of drug-likeness (QED) is 0.759. The minimum atomic E-state index is -0.219. The van der Waals surface area contributed by atoms with Gasteiger partial charge in [0.25, 0.3) is 5.91 Å². The molecule has 1 aromatic heterocycles. The molecule has 1 heterocycles. The van der Waals surface area contributed by atoms with Crippen molar-refractivity contribution in [3.8, 4) is 5.75 Å². The minimum Gasteiger partial charge on any atom is -0.495 e. The molecule has 0 aliphatic rings. The number of carbonyl (C=O) groups is 1. The molecule has 1 N–H and O–H groups in total. The lowest BCUT2D eigenvalue weighted by atomic mass is 10.2. The monoisotopic (exact) mass is 348 g/mol. The highest BCUT2D eigenvalue weighted by atomic mass is 16.5.